The van der Waals surface area contributed by atoms with Crippen LogP contribution >= 0.6 is 0 Å². The van der Waals surface area contributed by atoms with E-state index < -0.39 is 16.8 Å². The fraction of sp³-hybridized carbons (Fsp3) is 0.200. The van der Waals surface area contributed by atoms with E-state index >= 15 is 0 Å². The van der Waals surface area contributed by atoms with E-state index in [-0.39, 0.29) is 0 Å². The first-order valence-corrected chi connectivity index (χ1v) is 9.91. The summed E-state index contributed by atoms with van der Waals surface area (Å²) in [5, 5.41) is 5.84. The van der Waals surface area contributed by atoms with Gasteiger partial charge in [0.1, 0.15) is 5.76 Å². The van der Waals surface area contributed by atoms with Crippen LogP contribution in [0.4, 0.5) is 0 Å². The fourth-order valence-electron chi connectivity index (χ4n) is 3.47. The molecule has 0 amide bonds. The molecule has 0 saturated carbocycles. The van der Waals surface area contributed by atoms with Crippen LogP contribution in [0.2, 0.25) is 0 Å². The maximum Gasteiger partial charge on any atom is 0.340 e. The monoisotopic (exact) mass is 382 g/mol. The van der Waals surface area contributed by atoms with Gasteiger partial charge in [0.2, 0.25) is 0 Å². The van der Waals surface area contributed by atoms with Crippen LogP contribution in [0.25, 0.3) is 32.9 Å². The summed E-state index contributed by atoms with van der Waals surface area (Å²) < 4.78 is 22.1. The molecule has 27 heavy (non-hydrogen) atoms. The minimum Gasteiger partial charge on any atom is -0.465 e. The molecule has 2 heterocycles. The van der Waals surface area contributed by atoms with E-state index in [1.807, 2.05) is 38.1 Å². The molecule has 1 atom stereocenters. The second kappa shape index (κ2) is 6.35. The molecule has 0 aliphatic carbocycles. The first kappa shape index (κ1) is 17.5. The summed E-state index contributed by atoms with van der Waals surface area (Å²) in [6, 6.07) is 9.40. The van der Waals surface area contributed by atoms with E-state index in [0.29, 0.717) is 16.8 Å². The highest BCUT2D eigenvalue weighted by atomic mass is 32.2. The Kier molecular flexibility index (Phi) is 4.11. The van der Waals surface area contributed by atoms with Crippen molar-refractivity contribution < 1.29 is 18.3 Å². The lowest BCUT2D eigenvalue weighted by atomic mass is 9.98. The summed E-state index contributed by atoms with van der Waals surface area (Å²) in [7, 11) is 0.269. The molecule has 2 aromatic heterocycles. The quantitative estimate of drug-likeness (QED) is 0.539. The summed E-state index contributed by atoms with van der Waals surface area (Å²) in [6.07, 6.45) is 1.64. The Morgan fingerprint density at radius 2 is 1.96 bits per heavy atom. The number of aryl methyl sites for hydroxylation is 2. The molecule has 6 nitrogen and oxygen atoms in total. The van der Waals surface area contributed by atoms with Gasteiger partial charge in [0, 0.05) is 43.8 Å². The lowest BCUT2D eigenvalue weighted by Crippen LogP contribution is -2.02. The van der Waals surface area contributed by atoms with Gasteiger partial charge in [-0.15, -0.1) is 0 Å². The standard InChI is InChI=1S/C20H18N2O4S/c1-10-18(11(2)26-22-10)12-7-15-14-6-5-13(27(4)24)9-17(14)21-19(15)16(8-12)20(23)25-3/h5-9,21H,1-4H3. The van der Waals surface area contributed by atoms with Crippen LogP contribution in [0.5, 0.6) is 0 Å². The summed E-state index contributed by atoms with van der Waals surface area (Å²) in [5.41, 5.74) is 4.39. The number of methoxy groups -OCH3 is 1. The van der Waals surface area contributed by atoms with Crippen molar-refractivity contribution in [1.29, 1.82) is 0 Å². The highest BCUT2D eigenvalue weighted by Gasteiger charge is 2.20. The van der Waals surface area contributed by atoms with Crippen molar-refractivity contribution in [2.45, 2.75) is 18.7 Å². The number of ether oxygens (including phenoxy) is 1. The number of benzene rings is 2. The predicted molar refractivity (Wildman–Crippen MR) is 104 cm³/mol. The Morgan fingerprint density at radius 1 is 1.19 bits per heavy atom. The number of esters is 1. The topological polar surface area (TPSA) is 85.2 Å². The average molecular weight is 382 g/mol. The number of carbonyl (C=O) groups excluding carboxylic acids is 1. The van der Waals surface area contributed by atoms with E-state index in [2.05, 4.69) is 10.1 Å². The molecule has 0 fully saturated rings. The Bertz CT molecular complexity index is 1220. The average Bonchev–Trinajstić information content (AvgIpc) is 3.19. The van der Waals surface area contributed by atoms with Gasteiger partial charge in [-0.3, -0.25) is 4.21 Å². The van der Waals surface area contributed by atoms with E-state index in [9.17, 15) is 9.00 Å². The van der Waals surface area contributed by atoms with E-state index in [1.54, 1.807) is 12.3 Å². The Morgan fingerprint density at radius 3 is 2.59 bits per heavy atom. The van der Waals surface area contributed by atoms with Crippen LogP contribution in [-0.4, -0.2) is 33.7 Å². The number of nitrogens with one attached hydrogen (secondary N) is 1. The highest BCUT2D eigenvalue weighted by molar-refractivity contribution is 7.84. The van der Waals surface area contributed by atoms with Gasteiger partial charge in [0.15, 0.2) is 0 Å². The zero-order valence-electron chi connectivity index (χ0n) is 15.4. The maximum atomic E-state index is 12.4. The van der Waals surface area contributed by atoms with Crippen LogP contribution in [0, 0.1) is 13.8 Å². The molecule has 2 aromatic carbocycles. The van der Waals surface area contributed by atoms with Gasteiger partial charge in [0.25, 0.3) is 0 Å². The van der Waals surface area contributed by atoms with Gasteiger partial charge >= 0.3 is 5.97 Å². The van der Waals surface area contributed by atoms with Crippen LogP contribution < -0.4 is 0 Å². The van der Waals surface area contributed by atoms with Crippen LogP contribution in [0.3, 0.4) is 0 Å². The molecule has 0 radical (unpaired) electrons. The molecule has 4 rings (SSSR count). The minimum atomic E-state index is -1.09. The molecular formula is C20H18N2O4S. The lowest BCUT2D eigenvalue weighted by Gasteiger charge is -2.06. The number of hydrogen-bond acceptors (Lipinski definition) is 5. The Balaban J connectivity index is 2.09. The first-order chi connectivity index (χ1) is 12.9. The van der Waals surface area contributed by atoms with Gasteiger partial charge in [-0.05, 0) is 43.7 Å². The summed E-state index contributed by atoms with van der Waals surface area (Å²) in [5.74, 6) is 0.255. The number of aromatic amines is 1. The summed E-state index contributed by atoms with van der Waals surface area (Å²) in [4.78, 5) is 16.4. The Labute approximate surface area is 158 Å². The van der Waals surface area contributed by atoms with Crippen molar-refractivity contribution in [1.82, 2.24) is 10.1 Å². The van der Waals surface area contributed by atoms with Gasteiger partial charge in [-0.1, -0.05) is 11.2 Å². The van der Waals surface area contributed by atoms with E-state index in [4.69, 9.17) is 9.26 Å². The number of H-pyrrole nitrogens is 1. The van der Waals surface area contributed by atoms with Crippen molar-refractivity contribution >= 4 is 38.6 Å². The highest BCUT2D eigenvalue weighted by Crippen LogP contribution is 2.36. The maximum absolute atomic E-state index is 12.4. The smallest absolute Gasteiger partial charge is 0.340 e. The number of carbonyl (C=O) groups is 1. The zero-order chi connectivity index (χ0) is 19.3. The molecule has 1 unspecified atom stereocenters. The zero-order valence-corrected chi connectivity index (χ0v) is 16.2. The molecule has 138 valence electrons. The van der Waals surface area contributed by atoms with Crippen LogP contribution in [-0.2, 0) is 15.5 Å². The van der Waals surface area contributed by atoms with Crippen LogP contribution in [0.1, 0.15) is 21.8 Å². The molecule has 0 aliphatic heterocycles. The largest absolute Gasteiger partial charge is 0.465 e. The van der Waals surface area contributed by atoms with Gasteiger partial charge in [-0.25, -0.2) is 4.79 Å². The van der Waals surface area contributed by atoms with Crippen molar-refractivity contribution in [2.24, 2.45) is 0 Å². The molecule has 1 N–H and O–H groups in total. The Hall–Kier alpha value is -2.93. The molecular weight excluding hydrogens is 364 g/mol. The normalized spacial score (nSPS) is 12.6. The third-order valence-corrected chi connectivity index (χ3v) is 5.66. The number of fused-ring (bicyclic) bond motifs is 3. The summed E-state index contributed by atoms with van der Waals surface area (Å²) >= 11 is 0. The van der Waals surface area contributed by atoms with E-state index in [1.165, 1.54) is 7.11 Å². The van der Waals surface area contributed by atoms with Gasteiger partial charge in [-0.2, -0.15) is 0 Å². The minimum absolute atomic E-state index is 0.431. The number of aromatic nitrogens is 2. The number of rotatable bonds is 3. The van der Waals surface area contributed by atoms with Crippen molar-refractivity contribution in [2.75, 3.05) is 13.4 Å². The third-order valence-electron chi connectivity index (χ3n) is 4.74. The molecule has 7 heteroatoms. The van der Waals surface area contributed by atoms with E-state index in [0.717, 1.165) is 38.0 Å². The molecule has 0 bridgehead atoms. The lowest BCUT2D eigenvalue weighted by molar-refractivity contribution is 0.0603. The molecule has 0 aliphatic rings. The second-order valence-corrected chi connectivity index (χ2v) is 7.80. The van der Waals surface area contributed by atoms with Crippen LogP contribution in [0.15, 0.2) is 39.8 Å². The number of nitrogens with zero attached hydrogens (tertiary/aromatic N) is 1. The second-order valence-electron chi connectivity index (χ2n) is 6.42. The van der Waals surface area contributed by atoms with Crippen molar-refractivity contribution in [3.63, 3.8) is 0 Å². The van der Waals surface area contributed by atoms with Crippen molar-refractivity contribution in [3.8, 4) is 11.1 Å². The van der Waals surface area contributed by atoms with Gasteiger partial charge in [0.05, 0.1) is 23.9 Å². The van der Waals surface area contributed by atoms with Crippen molar-refractivity contribution in [3.05, 3.63) is 47.3 Å². The molecule has 0 saturated heterocycles. The first-order valence-electron chi connectivity index (χ1n) is 8.35. The number of hydrogen-bond donors (Lipinski definition) is 1. The third kappa shape index (κ3) is 2.75. The fourth-order valence-corrected chi connectivity index (χ4v) is 4.02. The van der Waals surface area contributed by atoms with Gasteiger partial charge < -0.3 is 14.2 Å². The molecule has 4 aromatic rings. The molecule has 0 spiro atoms. The predicted octanol–water partition coefficient (Wildman–Crippen LogP) is 4.12. The summed E-state index contributed by atoms with van der Waals surface area (Å²) in [6.45, 7) is 3.71. The SMILES string of the molecule is COC(=O)c1cc(-c2c(C)noc2C)cc2c1[nH]c1cc(S(C)=O)ccc12.